The molecule has 0 atom stereocenters. The monoisotopic (exact) mass is 390 g/mol. The molecule has 0 aliphatic heterocycles. The first-order valence-corrected chi connectivity index (χ1v) is 7.75. The second kappa shape index (κ2) is 6.35. The number of benzene rings is 2. The van der Waals surface area contributed by atoms with E-state index in [4.69, 9.17) is 12.2 Å². The van der Waals surface area contributed by atoms with E-state index < -0.39 is 0 Å². The predicted octanol–water partition coefficient (Wildman–Crippen LogP) is 3.66. The number of aromatic hydroxyl groups is 2. The van der Waals surface area contributed by atoms with E-state index in [2.05, 4.69) is 31.2 Å². The highest BCUT2D eigenvalue weighted by molar-refractivity contribution is 9.10. The highest BCUT2D eigenvalue weighted by atomic mass is 79.9. The zero-order chi connectivity index (χ0) is 16.4. The van der Waals surface area contributed by atoms with Crippen molar-refractivity contribution in [3.8, 4) is 22.9 Å². The Bertz CT molecular complexity index is 949. The summed E-state index contributed by atoms with van der Waals surface area (Å²) in [7, 11) is 0. The van der Waals surface area contributed by atoms with Crippen LogP contribution in [-0.2, 0) is 0 Å². The molecule has 0 bridgehead atoms. The molecule has 0 fully saturated rings. The van der Waals surface area contributed by atoms with Gasteiger partial charge in [0.25, 0.3) is 0 Å². The number of nitrogens with one attached hydrogen (secondary N) is 1. The van der Waals surface area contributed by atoms with Gasteiger partial charge in [0.1, 0.15) is 11.5 Å². The van der Waals surface area contributed by atoms with Crippen molar-refractivity contribution >= 4 is 34.4 Å². The van der Waals surface area contributed by atoms with Crippen molar-refractivity contribution in [1.29, 1.82) is 0 Å². The highest BCUT2D eigenvalue weighted by Gasteiger charge is 2.11. The minimum absolute atomic E-state index is 0.0199. The number of aromatic amines is 1. The number of aromatic nitrogens is 3. The fourth-order valence-electron chi connectivity index (χ4n) is 1.98. The molecule has 6 nitrogen and oxygen atoms in total. The van der Waals surface area contributed by atoms with E-state index in [0.717, 1.165) is 10.0 Å². The smallest absolute Gasteiger partial charge is 0.216 e. The topological polar surface area (TPSA) is 86.4 Å². The van der Waals surface area contributed by atoms with Crippen molar-refractivity contribution in [3.63, 3.8) is 0 Å². The summed E-state index contributed by atoms with van der Waals surface area (Å²) in [6.07, 6.45) is 1.44. The first kappa shape index (κ1) is 15.4. The van der Waals surface area contributed by atoms with E-state index in [1.807, 2.05) is 24.3 Å². The van der Waals surface area contributed by atoms with E-state index in [0.29, 0.717) is 16.2 Å². The van der Waals surface area contributed by atoms with Gasteiger partial charge in [-0.15, -0.1) is 0 Å². The van der Waals surface area contributed by atoms with Gasteiger partial charge in [-0.25, -0.2) is 5.10 Å². The molecule has 8 heteroatoms. The molecule has 2 aromatic carbocycles. The van der Waals surface area contributed by atoms with Crippen molar-refractivity contribution in [3.05, 3.63) is 57.3 Å². The lowest BCUT2D eigenvalue weighted by atomic mass is 10.2. The van der Waals surface area contributed by atoms with Gasteiger partial charge in [-0.3, -0.25) is 0 Å². The van der Waals surface area contributed by atoms with Crippen LogP contribution in [0.2, 0.25) is 0 Å². The van der Waals surface area contributed by atoms with Crippen LogP contribution < -0.4 is 0 Å². The van der Waals surface area contributed by atoms with Crippen LogP contribution >= 0.6 is 28.1 Å². The number of H-pyrrole nitrogens is 1. The van der Waals surface area contributed by atoms with E-state index in [1.165, 1.54) is 23.0 Å². The van der Waals surface area contributed by atoms with Crippen molar-refractivity contribution in [2.24, 2.45) is 5.10 Å². The number of phenols is 2. The Hall–Kier alpha value is -2.45. The van der Waals surface area contributed by atoms with Crippen molar-refractivity contribution < 1.29 is 10.2 Å². The first-order valence-electron chi connectivity index (χ1n) is 6.55. The predicted molar refractivity (Wildman–Crippen MR) is 93.3 cm³/mol. The largest absolute Gasteiger partial charge is 0.508 e. The molecule has 0 saturated carbocycles. The molecule has 3 aromatic rings. The second-order valence-electron chi connectivity index (χ2n) is 4.63. The lowest BCUT2D eigenvalue weighted by Crippen LogP contribution is -1.95. The lowest BCUT2D eigenvalue weighted by Gasteiger charge is -2.03. The van der Waals surface area contributed by atoms with Gasteiger partial charge in [0.2, 0.25) is 4.77 Å². The van der Waals surface area contributed by atoms with Crippen LogP contribution in [0.1, 0.15) is 5.56 Å². The Morgan fingerprint density at radius 1 is 1.22 bits per heavy atom. The Labute approximate surface area is 144 Å². The molecule has 116 valence electrons. The fourth-order valence-corrected chi connectivity index (χ4v) is 2.62. The quantitative estimate of drug-likeness (QED) is 0.470. The molecule has 0 unspecified atom stereocenters. The maximum Gasteiger partial charge on any atom is 0.216 e. The van der Waals surface area contributed by atoms with Crippen molar-refractivity contribution in [1.82, 2.24) is 14.9 Å². The van der Waals surface area contributed by atoms with E-state index in [9.17, 15) is 10.2 Å². The number of hydrogen-bond acceptors (Lipinski definition) is 5. The molecule has 0 aliphatic rings. The molecule has 23 heavy (non-hydrogen) atoms. The molecule has 3 rings (SSSR count). The minimum Gasteiger partial charge on any atom is -0.508 e. The van der Waals surface area contributed by atoms with Crippen LogP contribution in [0.3, 0.4) is 0 Å². The third-order valence-corrected chi connectivity index (χ3v) is 4.05. The fraction of sp³-hybridized carbons (Fsp3) is 0. The van der Waals surface area contributed by atoms with Gasteiger partial charge in [0.15, 0.2) is 5.82 Å². The second-order valence-corrected chi connectivity index (χ2v) is 5.87. The molecular formula is C15H11BrN4O2S. The van der Waals surface area contributed by atoms with Crippen molar-refractivity contribution in [2.75, 3.05) is 0 Å². The Balaban J connectivity index is 2.04. The van der Waals surface area contributed by atoms with Crippen LogP contribution in [0, 0.1) is 4.77 Å². The molecule has 0 aliphatic carbocycles. The number of phenolic OH excluding ortho intramolecular Hbond substituents is 2. The third kappa shape index (κ3) is 3.17. The van der Waals surface area contributed by atoms with Crippen LogP contribution in [0.4, 0.5) is 0 Å². The molecule has 1 heterocycles. The average Bonchev–Trinajstić information content (AvgIpc) is 2.88. The van der Waals surface area contributed by atoms with Gasteiger partial charge >= 0.3 is 0 Å². The lowest BCUT2D eigenvalue weighted by molar-refractivity contribution is 0.450. The van der Waals surface area contributed by atoms with Crippen LogP contribution in [0.5, 0.6) is 11.5 Å². The van der Waals surface area contributed by atoms with Crippen LogP contribution in [0.15, 0.2) is 52.0 Å². The number of rotatable bonds is 3. The minimum atomic E-state index is -0.0776. The van der Waals surface area contributed by atoms with Gasteiger partial charge in [-0.2, -0.15) is 14.9 Å². The van der Waals surface area contributed by atoms with Crippen LogP contribution in [0.25, 0.3) is 11.4 Å². The molecule has 0 spiro atoms. The first-order chi connectivity index (χ1) is 11.1. The maximum absolute atomic E-state index is 9.80. The number of nitrogens with zero attached hydrogens (tertiary/aromatic N) is 3. The van der Waals surface area contributed by atoms with Gasteiger partial charge in [0, 0.05) is 21.7 Å². The summed E-state index contributed by atoms with van der Waals surface area (Å²) in [6, 6.07) is 11.8. The van der Waals surface area contributed by atoms with E-state index in [-0.39, 0.29) is 11.5 Å². The zero-order valence-corrected chi connectivity index (χ0v) is 14.0. The highest BCUT2D eigenvalue weighted by Crippen LogP contribution is 2.26. The third-order valence-electron chi connectivity index (χ3n) is 3.09. The number of halogens is 1. The van der Waals surface area contributed by atoms with Crippen molar-refractivity contribution in [2.45, 2.75) is 0 Å². The molecule has 0 amide bonds. The summed E-state index contributed by atoms with van der Waals surface area (Å²) in [6.45, 7) is 0. The Morgan fingerprint density at radius 2 is 2.00 bits per heavy atom. The van der Waals surface area contributed by atoms with E-state index >= 15 is 0 Å². The SMILES string of the molecule is Oc1ccc(C=Nn2c(-c3ccccc3Br)n[nH]c2=S)c(O)c1. The summed E-state index contributed by atoms with van der Waals surface area (Å²) in [5.41, 5.74) is 1.27. The Kier molecular flexibility index (Phi) is 4.26. The van der Waals surface area contributed by atoms with Gasteiger partial charge in [0.05, 0.1) is 6.21 Å². The molecule has 3 N–H and O–H groups in total. The Morgan fingerprint density at radius 3 is 2.74 bits per heavy atom. The van der Waals surface area contributed by atoms with Gasteiger partial charge in [-0.1, -0.05) is 28.1 Å². The maximum atomic E-state index is 9.80. The van der Waals surface area contributed by atoms with Gasteiger partial charge < -0.3 is 10.2 Å². The molecule has 0 saturated heterocycles. The summed E-state index contributed by atoms with van der Waals surface area (Å²) in [5.74, 6) is 0.441. The molecule has 0 radical (unpaired) electrons. The number of hydrogen-bond donors (Lipinski definition) is 3. The summed E-state index contributed by atoms with van der Waals surface area (Å²) >= 11 is 8.67. The molecule has 1 aromatic heterocycles. The standard InChI is InChI=1S/C15H11BrN4O2S/c16-12-4-2-1-3-11(12)14-18-19-15(23)20(14)17-8-9-5-6-10(21)7-13(9)22/h1-8,21-22H,(H,19,23). The zero-order valence-electron chi connectivity index (χ0n) is 11.6. The molecular weight excluding hydrogens is 380 g/mol. The summed E-state index contributed by atoms with van der Waals surface area (Å²) < 4.78 is 2.64. The normalized spacial score (nSPS) is 11.2. The van der Waals surface area contributed by atoms with Crippen LogP contribution in [-0.4, -0.2) is 31.3 Å². The van der Waals surface area contributed by atoms with Gasteiger partial charge in [-0.05, 0) is 36.5 Å². The van der Waals surface area contributed by atoms with E-state index in [1.54, 1.807) is 6.07 Å². The average molecular weight is 391 g/mol. The summed E-state index contributed by atoms with van der Waals surface area (Å²) in [5, 5.41) is 30.3. The summed E-state index contributed by atoms with van der Waals surface area (Å²) in [4.78, 5) is 0.